The van der Waals surface area contributed by atoms with E-state index in [9.17, 15) is 0 Å². The van der Waals surface area contributed by atoms with Crippen molar-refractivity contribution in [2.24, 2.45) is 5.10 Å². The zero-order valence-corrected chi connectivity index (χ0v) is 15.0. The third kappa shape index (κ3) is 3.85. The van der Waals surface area contributed by atoms with Gasteiger partial charge < -0.3 is 14.5 Å². The van der Waals surface area contributed by atoms with E-state index in [2.05, 4.69) is 20.5 Å². The standard InChI is InChI=1S/C18H19ClN4O2/c1-4-25-16-9-12(8-13(19)17(16)24-3)10-20-23-18-21-14-6-5-11(2)7-15(14)22-18/h5-10H,4H2,1-3H3,(H2,21,22,23)/b20-10-. The first kappa shape index (κ1) is 17.1. The van der Waals surface area contributed by atoms with Crippen molar-refractivity contribution >= 4 is 34.8 Å². The Bertz CT molecular complexity index is 921. The van der Waals surface area contributed by atoms with Crippen LogP contribution >= 0.6 is 11.6 Å². The Morgan fingerprint density at radius 3 is 2.92 bits per heavy atom. The molecule has 6 nitrogen and oxygen atoms in total. The van der Waals surface area contributed by atoms with Crippen LogP contribution in [0, 0.1) is 6.92 Å². The van der Waals surface area contributed by atoms with Gasteiger partial charge in [-0.05, 0) is 49.2 Å². The Balaban J connectivity index is 1.78. The predicted molar refractivity (Wildman–Crippen MR) is 101 cm³/mol. The lowest BCUT2D eigenvalue weighted by atomic mass is 10.2. The lowest BCUT2D eigenvalue weighted by Gasteiger charge is -2.11. The number of nitrogens with one attached hydrogen (secondary N) is 2. The number of hydrogen-bond donors (Lipinski definition) is 2. The number of aryl methyl sites for hydroxylation is 1. The summed E-state index contributed by atoms with van der Waals surface area (Å²) in [5.41, 5.74) is 6.69. The van der Waals surface area contributed by atoms with Gasteiger partial charge in [-0.2, -0.15) is 5.10 Å². The molecule has 0 spiro atoms. The van der Waals surface area contributed by atoms with Gasteiger partial charge in [0.1, 0.15) is 0 Å². The van der Waals surface area contributed by atoms with E-state index >= 15 is 0 Å². The van der Waals surface area contributed by atoms with Gasteiger partial charge >= 0.3 is 0 Å². The minimum absolute atomic E-state index is 0.467. The molecule has 0 unspecified atom stereocenters. The second-order valence-corrected chi connectivity index (χ2v) is 5.85. The first-order chi connectivity index (χ1) is 12.1. The summed E-state index contributed by atoms with van der Waals surface area (Å²) in [6.07, 6.45) is 1.65. The molecule has 0 aliphatic heterocycles. The smallest absolute Gasteiger partial charge is 0.222 e. The van der Waals surface area contributed by atoms with E-state index in [1.807, 2.05) is 38.1 Å². The molecule has 25 heavy (non-hydrogen) atoms. The molecule has 0 aliphatic carbocycles. The van der Waals surface area contributed by atoms with Gasteiger partial charge in [0.15, 0.2) is 11.5 Å². The number of fused-ring (bicyclic) bond motifs is 1. The molecule has 3 aromatic rings. The van der Waals surface area contributed by atoms with Gasteiger partial charge in [-0.15, -0.1) is 0 Å². The average molecular weight is 359 g/mol. The maximum Gasteiger partial charge on any atom is 0.222 e. The molecule has 0 saturated carbocycles. The molecule has 1 aromatic heterocycles. The highest BCUT2D eigenvalue weighted by molar-refractivity contribution is 6.32. The van der Waals surface area contributed by atoms with Crippen molar-refractivity contribution in [1.29, 1.82) is 0 Å². The summed E-state index contributed by atoms with van der Waals surface area (Å²) in [4.78, 5) is 7.60. The quantitative estimate of drug-likeness (QED) is 0.506. The number of aromatic nitrogens is 2. The fourth-order valence-corrected chi connectivity index (χ4v) is 2.76. The molecule has 1 heterocycles. The second kappa shape index (κ2) is 7.44. The third-order valence-corrected chi connectivity index (χ3v) is 3.84. The number of aromatic amines is 1. The number of nitrogens with zero attached hydrogens (tertiary/aromatic N) is 2. The van der Waals surface area contributed by atoms with E-state index in [0.717, 1.165) is 16.6 Å². The van der Waals surface area contributed by atoms with Crippen LogP contribution in [0.3, 0.4) is 0 Å². The van der Waals surface area contributed by atoms with Crippen LogP contribution in [0.5, 0.6) is 11.5 Å². The molecule has 0 fully saturated rings. The van der Waals surface area contributed by atoms with Crippen molar-refractivity contribution in [1.82, 2.24) is 9.97 Å². The molecule has 0 radical (unpaired) electrons. The van der Waals surface area contributed by atoms with E-state index < -0.39 is 0 Å². The topological polar surface area (TPSA) is 71.5 Å². The molecule has 2 N–H and O–H groups in total. The van der Waals surface area contributed by atoms with Crippen molar-refractivity contribution in [3.63, 3.8) is 0 Å². The Morgan fingerprint density at radius 2 is 2.16 bits per heavy atom. The van der Waals surface area contributed by atoms with Crippen LogP contribution in [0.1, 0.15) is 18.1 Å². The van der Waals surface area contributed by atoms with Gasteiger partial charge in [0.2, 0.25) is 5.95 Å². The van der Waals surface area contributed by atoms with E-state index in [4.69, 9.17) is 21.1 Å². The van der Waals surface area contributed by atoms with Crippen LogP contribution in [-0.2, 0) is 0 Å². The summed E-state index contributed by atoms with van der Waals surface area (Å²) in [5, 5.41) is 4.67. The number of hydrazone groups is 1. The Hall–Kier alpha value is -2.73. The van der Waals surface area contributed by atoms with Crippen LogP contribution in [0.4, 0.5) is 5.95 Å². The lowest BCUT2D eigenvalue weighted by molar-refractivity contribution is 0.311. The first-order valence-corrected chi connectivity index (χ1v) is 8.24. The zero-order chi connectivity index (χ0) is 17.8. The fourth-order valence-electron chi connectivity index (χ4n) is 2.47. The molecular weight excluding hydrogens is 340 g/mol. The molecule has 0 aliphatic rings. The summed E-state index contributed by atoms with van der Waals surface area (Å²) in [6.45, 7) is 4.46. The average Bonchev–Trinajstić information content (AvgIpc) is 2.97. The van der Waals surface area contributed by atoms with Crippen LogP contribution in [0.25, 0.3) is 11.0 Å². The number of ether oxygens (including phenoxy) is 2. The molecule has 0 atom stereocenters. The van der Waals surface area contributed by atoms with Crippen molar-refractivity contribution in [2.45, 2.75) is 13.8 Å². The molecule has 2 aromatic carbocycles. The lowest BCUT2D eigenvalue weighted by Crippen LogP contribution is -1.98. The Kier molecular flexibility index (Phi) is 5.09. The summed E-state index contributed by atoms with van der Waals surface area (Å²) >= 11 is 6.23. The van der Waals surface area contributed by atoms with Crippen LogP contribution in [0.15, 0.2) is 35.4 Å². The predicted octanol–water partition coefficient (Wildman–Crippen LogP) is 4.38. The monoisotopic (exact) mass is 358 g/mol. The second-order valence-electron chi connectivity index (χ2n) is 5.44. The summed E-state index contributed by atoms with van der Waals surface area (Å²) in [7, 11) is 1.56. The van der Waals surface area contributed by atoms with Crippen LogP contribution in [-0.4, -0.2) is 29.9 Å². The largest absolute Gasteiger partial charge is 0.491 e. The molecular formula is C18H19ClN4O2. The summed E-state index contributed by atoms with van der Waals surface area (Å²) in [5.74, 6) is 1.67. The van der Waals surface area contributed by atoms with Crippen LogP contribution in [0.2, 0.25) is 5.02 Å². The molecule has 3 rings (SSSR count). The minimum atomic E-state index is 0.467. The zero-order valence-electron chi connectivity index (χ0n) is 14.3. The van der Waals surface area contributed by atoms with E-state index in [1.165, 1.54) is 5.56 Å². The molecule has 0 amide bonds. The minimum Gasteiger partial charge on any atom is -0.491 e. The van der Waals surface area contributed by atoms with Gasteiger partial charge in [0, 0.05) is 0 Å². The van der Waals surface area contributed by atoms with Gasteiger partial charge in [0.25, 0.3) is 0 Å². The molecule has 0 saturated heterocycles. The SMILES string of the molecule is CCOc1cc(/C=N\Nc2nc3ccc(C)cc3[nH]2)cc(Cl)c1OC. The van der Waals surface area contributed by atoms with Crippen LogP contribution < -0.4 is 14.9 Å². The fraction of sp³-hybridized carbons (Fsp3) is 0.222. The maximum atomic E-state index is 6.23. The van der Waals surface area contributed by atoms with Gasteiger partial charge in [-0.3, -0.25) is 0 Å². The molecule has 0 bridgehead atoms. The molecule has 130 valence electrons. The van der Waals surface area contributed by atoms with E-state index in [1.54, 1.807) is 19.4 Å². The van der Waals surface area contributed by atoms with Gasteiger partial charge in [0.05, 0.1) is 36.0 Å². The highest BCUT2D eigenvalue weighted by Crippen LogP contribution is 2.35. The Morgan fingerprint density at radius 1 is 1.32 bits per heavy atom. The summed E-state index contributed by atoms with van der Waals surface area (Å²) < 4.78 is 10.8. The number of rotatable bonds is 6. The highest BCUT2D eigenvalue weighted by atomic mass is 35.5. The van der Waals surface area contributed by atoms with Crippen molar-refractivity contribution in [3.8, 4) is 11.5 Å². The number of methoxy groups -OCH3 is 1. The highest BCUT2D eigenvalue weighted by Gasteiger charge is 2.10. The third-order valence-electron chi connectivity index (χ3n) is 3.56. The summed E-state index contributed by atoms with van der Waals surface area (Å²) in [6, 6.07) is 9.60. The maximum absolute atomic E-state index is 6.23. The molecule has 7 heteroatoms. The number of anilines is 1. The van der Waals surface area contributed by atoms with E-state index in [0.29, 0.717) is 29.1 Å². The normalized spacial score (nSPS) is 11.2. The van der Waals surface area contributed by atoms with Crippen molar-refractivity contribution in [2.75, 3.05) is 19.1 Å². The number of halogens is 1. The van der Waals surface area contributed by atoms with E-state index in [-0.39, 0.29) is 0 Å². The van der Waals surface area contributed by atoms with Crippen molar-refractivity contribution in [3.05, 3.63) is 46.5 Å². The number of hydrogen-bond acceptors (Lipinski definition) is 5. The number of H-pyrrole nitrogens is 1. The Labute approximate surface area is 150 Å². The van der Waals surface area contributed by atoms with Crippen molar-refractivity contribution < 1.29 is 9.47 Å². The van der Waals surface area contributed by atoms with Gasteiger partial charge in [-0.1, -0.05) is 17.7 Å². The number of imidazole rings is 1. The number of benzene rings is 2. The first-order valence-electron chi connectivity index (χ1n) is 7.86. The van der Waals surface area contributed by atoms with Gasteiger partial charge in [-0.25, -0.2) is 10.4 Å².